The van der Waals surface area contributed by atoms with Crippen LogP contribution in [0.5, 0.6) is 5.75 Å². The summed E-state index contributed by atoms with van der Waals surface area (Å²) in [5.41, 5.74) is 2.00. The maximum absolute atomic E-state index is 9.48. The van der Waals surface area contributed by atoms with Gasteiger partial charge in [0.2, 0.25) is 0 Å². The summed E-state index contributed by atoms with van der Waals surface area (Å²) in [5.74, 6) is 0.781. The highest BCUT2D eigenvalue weighted by atomic mass is 16.5. The molecule has 2 nitrogen and oxygen atoms in total. The minimum atomic E-state index is -0.471. The summed E-state index contributed by atoms with van der Waals surface area (Å²) < 4.78 is 5.39. The van der Waals surface area contributed by atoms with Crippen LogP contribution in [0.4, 0.5) is 0 Å². The molecule has 0 saturated heterocycles. The Bertz CT molecular complexity index is 279. The lowest BCUT2D eigenvalue weighted by Gasteiger charge is -2.12. The summed E-state index contributed by atoms with van der Waals surface area (Å²) in [6.07, 6.45) is -0.471. The van der Waals surface area contributed by atoms with Crippen LogP contribution in [-0.2, 0) is 0 Å². The molecule has 0 radical (unpaired) electrons. The molecule has 0 aliphatic heterocycles. The minimum Gasteiger partial charge on any atom is -0.493 e. The molecule has 13 heavy (non-hydrogen) atoms. The summed E-state index contributed by atoms with van der Waals surface area (Å²) in [6.45, 7) is 6.31. The van der Waals surface area contributed by atoms with Crippen LogP contribution in [0.25, 0.3) is 0 Å². The maximum atomic E-state index is 9.48. The molecule has 0 saturated carbocycles. The van der Waals surface area contributed by atoms with E-state index < -0.39 is 6.10 Å². The summed E-state index contributed by atoms with van der Waals surface area (Å²) in [6, 6.07) is 5.84. The van der Waals surface area contributed by atoms with Gasteiger partial charge >= 0.3 is 0 Å². The Morgan fingerprint density at radius 1 is 1.46 bits per heavy atom. The number of hydrogen-bond acceptors (Lipinski definition) is 2. The van der Waals surface area contributed by atoms with Crippen molar-refractivity contribution in [3.63, 3.8) is 0 Å². The van der Waals surface area contributed by atoms with Crippen molar-refractivity contribution in [1.82, 2.24) is 0 Å². The van der Waals surface area contributed by atoms with Gasteiger partial charge in [0.15, 0.2) is 0 Å². The SMILES string of the molecule is CCOc1ccc(C)cc1[C@@H](C)O. The van der Waals surface area contributed by atoms with Crippen LogP contribution in [0.1, 0.15) is 31.1 Å². The Morgan fingerprint density at radius 2 is 2.15 bits per heavy atom. The molecule has 1 N–H and O–H groups in total. The highest BCUT2D eigenvalue weighted by Crippen LogP contribution is 2.25. The lowest BCUT2D eigenvalue weighted by atomic mass is 10.1. The summed E-state index contributed by atoms with van der Waals surface area (Å²) in [7, 11) is 0. The fourth-order valence-corrected chi connectivity index (χ4v) is 1.28. The molecular formula is C11H16O2. The number of benzene rings is 1. The molecule has 0 bridgehead atoms. The third kappa shape index (κ3) is 2.46. The van der Waals surface area contributed by atoms with Crippen molar-refractivity contribution in [3.05, 3.63) is 29.3 Å². The Hall–Kier alpha value is -1.02. The Labute approximate surface area is 79.2 Å². The number of hydrogen-bond donors (Lipinski definition) is 1. The van der Waals surface area contributed by atoms with Crippen LogP contribution in [-0.4, -0.2) is 11.7 Å². The van der Waals surface area contributed by atoms with Crippen molar-refractivity contribution >= 4 is 0 Å². The van der Waals surface area contributed by atoms with E-state index >= 15 is 0 Å². The highest BCUT2D eigenvalue weighted by molar-refractivity contribution is 5.38. The number of aliphatic hydroxyl groups is 1. The van der Waals surface area contributed by atoms with Gasteiger partial charge in [-0.05, 0) is 32.9 Å². The molecule has 1 rings (SSSR count). The lowest BCUT2D eigenvalue weighted by Crippen LogP contribution is -1.99. The molecule has 2 heteroatoms. The average Bonchev–Trinajstić information content (AvgIpc) is 2.08. The van der Waals surface area contributed by atoms with Crippen LogP contribution >= 0.6 is 0 Å². The van der Waals surface area contributed by atoms with E-state index in [9.17, 15) is 5.11 Å². The maximum Gasteiger partial charge on any atom is 0.125 e. The third-order valence-electron chi connectivity index (χ3n) is 1.92. The first-order chi connectivity index (χ1) is 6.15. The molecule has 1 aromatic rings. The fourth-order valence-electron chi connectivity index (χ4n) is 1.28. The lowest BCUT2D eigenvalue weighted by molar-refractivity contribution is 0.192. The molecule has 0 amide bonds. The van der Waals surface area contributed by atoms with Crippen LogP contribution in [0, 0.1) is 6.92 Å². The Balaban J connectivity index is 3.03. The van der Waals surface area contributed by atoms with Crippen molar-refractivity contribution in [3.8, 4) is 5.75 Å². The van der Waals surface area contributed by atoms with Crippen LogP contribution < -0.4 is 4.74 Å². The van der Waals surface area contributed by atoms with E-state index in [1.54, 1.807) is 6.92 Å². The highest BCUT2D eigenvalue weighted by Gasteiger charge is 2.08. The zero-order valence-corrected chi connectivity index (χ0v) is 8.37. The normalized spacial score (nSPS) is 12.6. The molecule has 0 heterocycles. The van der Waals surface area contributed by atoms with Gasteiger partial charge in [-0.3, -0.25) is 0 Å². The van der Waals surface area contributed by atoms with E-state index in [1.807, 2.05) is 32.0 Å². The number of aryl methyl sites for hydroxylation is 1. The van der Waals surface area contributed by atoms with E-state index in [-0.39, 0.29) is 0 Å². The van der Waals surface area contributed by atoms with Crippen molar-refractivity contribution in [2.45, 2.75) is 26.9 Å². The number of aliphatic hydroxyl groups excluding tert-OH is 1. The molecular weight excluding hydrogens is 164 g/mol. The van der Waals surface area contributed by atoms with Crippen molar-refractivity contribution in [2.24, 2.45) is 0 Å². The topological polar surface area (TPSA) is 29.5 Å². The molecule has 0 fully saturated rings. The molecule has 72 valence electrons. The van der Waals surface area contributed by atoms with E-state index in [2.05, 4.69) is 0 Å². The van der Waals surface area contributed by atoms with E-state index in [1.165, 1.54) is 0 Å². The van der Waals surface area contributed by atoms with Gasteiger partial charge in [0.1, 0.15) is 5.75 Å². The molecule has 1 atom stereocenters. The predicted octanol–water partition coefficient (Wildman–Crippen LogP) is 2.45. The summed E-state index contributed by atoms with van der Waals surface area (Å²) in [5, 5.41) is 9.48. The van der Waals surface area contributed by atoms with Gasteiger partial charge in [0.05, 0.1) is 12.7 Å². The molecule has 1 aromatic carbocycles. The van der Waals surface area contributed by atoms with E-state index in [0.29, 0.717) is 6.61 Å². The van der Waals surface area contributed by atoms with Gasteiger partial charge in [0.25, 0.3) is 0 Å². The Kier molecular flexibility index (Phi) is 3.32. The Morgan fingerprint density at radius 3 is 2.69 bits per heavy atom. The smallest absolute Gasteiger partial charge is 0.125 e. The largest absolute Gasteiger partial charge is 0.493 e. The monoisotopic (exact) mass is 180 g/mol. The zero-order chi connectivity index (χ0) is 9.84. The van der Waals surface area contributed by atoms with Crippen molar-refractivity contribution in [2.75, 3.05) is 6.61 Å². The second-order valence-electron chi connectivity index (χ2n) is 3.15. The van der Waals surface area contributed by atoms with Gasteiger partial charge < -0.3 is 9.84 Å². The molecule has 0 unspecified atom stereocenters. The molecule has 0 aliphatic rings. The van der Waals surface area contributed by atoms with Crippen LogP contribution in [0.3, 0.4) is 0 Å². The average molecular weight is 180 g/mol. The van der Waals surface area contributed by atoms with Gasteiger partial charge in [-0.1, -0.05) is 11.6 Å². The second-order valence-corrected chi connectivity index (χ2v) is 3.15. The van der Waals surface area contributed by atoms with Crippen LogP contribution in [0.2, 0.25) is 0 Å². The summed E-state index contributed by atoms with van der Waals surface area (Å²) >= 11 is 0. The molecule has 0 aliphatic carbocycles. The standard InChI is InChI=1S/C11H16O2/c1-4-13-11-6-5-8(2)7-10(11)9(3)12/h5-7,9,12H,4H2,1-3H3/t9-/m1/s1. The molecule has 0 spiro atoms. The second kappa shape index (κ2) is 4.28. The molecule has 0 aromatic heterocycles. The van der Waals surface area contributed by atoms with E-state index in [0.717, 1.165) is 16.9 Å². The van der Waals surface area contributed by atoms with Crippen molar-refractivity contribution < 1.29 is 9.84 Å². The minimum absolute atomic E-state index is 0.471. The van der Waals surface area contributed by atoms with E-state index in [4.69, 9.17) is 4.74 Å². The summed E-state index contributed by atoms with van der Waals surface area (Å²) in [4.78, 5) is 0. The van der Waals surface area contributed by atoms with Gasteiger partial charge in [-0.2, -0.15) is 0 Å². The fraction of sp³-hybridized carbons (Fsp3) is 0.455. The third-order valence-corrected chi connectivity index (χ3v) is 1.92. The quantitative estimate of drug-likeness (QED) is 0.774. The number of ether oxygens (including phenoxy) is 1. The first-order valence-corrected chi connectivity index (χ1v) is 4.56. The first-order valence-electron chi connectivity index (χ1n) is 4.56. The van der Waals surface area contributed by atoms with Gasteiger partial charge in [-0.15, -0.1) is 0 Å². The first kappa shape index (κ1) is 10.1. The van der Waals surface area contributed by atoms with Crippen LogP contribution in [0.15, 0.2) is 18.2 Å². The van der Waals surface area contributed by atoms with Gasteiger partial charge in [-0.25, -0.2) is 0 Å². The van der Waals surface area contributed by atoms with Gasteiger partial charge in [0, 0.05) is 5.56 Å². The van der Waals surface area contributed by atoms with Crippen molar-refractivity contribution in [1.29, 1.82) is 0 Å². The number of rotatable bonds is 3. The predicted molar refractivity (Wildman–Crippen MR) is 53.0 cm³/mol. The zero-order valence-electron chi connectivity index (χ0n) is 8.37.